The molecule has 1 aliphatic rings. The molecular formula is C15H15ClN2O2S. The number of para-hydroxylation sites is 1. The third-order valence-electron chi connectivity index (χ3n) is 3.77. The lowest BCUT2D eigenvalue weighted by atomic mass is 10.1. The third-order valence-corrected chi connectivity index (χ3v) is 6.12. The fraction of sp³-hybridized carbons (Fsp3) is 0.200. The number of nitrogens with two attached hydrogens (primary N) is 1. The molecule has 6 heteroatoms. The van der Waals surface area contributed by atoms with Crippen LogP contribution in [0.4, 0.5) is 11.4 Å². The minimum Gasteiger partial charge on any atom is -0.397 e. The summed E-state index contributed by atoms with van der Waals surface area (Å²) in [7, 11) is -3.66. The fourth-order valence-electron chi connectivity index (χ4n) is 2.68. The number of halogens is 1. The van der Waals surface area contributed by atoms with Crippen molar-refractivity contribution in [3.63, 3.8) is 0 Å². The van der Waals surface area contributed by atoms with Gasteiger partial charge >= 0.3 is 0 Å². The van der Waals surface area contributed by atoms with E-state index in [9.17, 15) is 8.42 Å². The highest BCUT2D eigenvalue weighted by Crippen LogP contribution is 2.38. The molecule has 2 N–H and O–H groups in total. The number of nitrogen functional groups attached to an aromatic ring is 1. The number of benzene rings is 2. The normalized spacial score (nSPS) is 14.3. The first-order chi connectivity index (χ1) is 9.93. The second kappa shape index (κ2) is 4.93. The topological polar surface area (TPSA) is 63.4 Å². The lowest BCUT2D eigenvalue weighted by Gasteiger charge is -2.22. The van der Waals surface area contributed by atoms with Crippen LogP contribution >= 0.6 is 11.6 Å². The largest absolute Gasteiger partial charge is 0.397 e. The lowest BCUT2D eigenvalue weighted by molar-refractivity contribution is 0.591. The molecule has 0 saturated carbocycles. The van der Waals surface area contributed by atoms with Crippen molar-refractivity contribution in [1.82, 2.24) is 0 Å². The maximum absolute atomic E-state index is 12.9. The van der Waals surface area contributed by atoms with Gasteiger partial charge in [-0.15, -0.1) is 0 Å². The maximum Gasteiger partial charge on any atom is 0.264 e. The van der Waals surface area contributed by atoms with Crippen LogP contribution in [0.3, 0.4) is 0 Å². The highest BCUT2D eigenvalue weighted by atomic mass is 35.5. The number of rotatable bonds is 2. The molecule has 0 unspecified atom stereocenters. The van der Waals surface area contributed by atoms with Gasteiger partial charge in [0.1, 0.15) is 0 Å². The predicted molar refractivity (Wildman–Crippen MR) is 85.3 cm³/mol. The molecule has 1 aliphatic heterocycles. The molecule has 3 rings (SSSR count). The number of anilines is 2. The lowest BCUT2D eigenvalue weighted by Crippen LogP contribution is -2.30. The molecule has 0 aliphatic carbocycles. The molecule has 0 radical (unpaired) electrons. The Kier molecular flexibility index (Phi) is 3.34. The highest BCUT2D eigenvalue weighted by Gasteiger charge is 2.33. The first kappa shape index (κ1) is 14.2. The second-order valence-corrected chi connectivity index (χ2v) is 7.28. The Morgan fingerprint density at radius 1 is 1.19 bits per heavy atom. The van der Waals surface area contributed by atoms with E-state index in [0.717, 1.165) is 5.56 Å². The number of fused-ring (bicyclic) bond motifs is 1. The molecule has 0 saturated heterocycles. The van der Waals surface area contributed by atoms with E-state index in [1.54, 1.807) is 31.2 Å². The summed E-state index contributed by atoms with van der Waals surface area (Å²) in [6.07, 6.45) is 0.666. The molecule has 2 aromatic carbocycles. The highest BCUT2D eigenvalue weighted by molar-refractivity contribution is 7.93. The molecule has 0 spiro atoms. The van der Waals surface area contributed by atoms with Gasteiger partial charge in [-0.1, -0.05) is 29.8 Å². The van der Waals surface area contributed by atoms with Gasteiger partial charge in [-0.05, 0) is 42.7 Å². The summed E-state index contributed by atoms with van der Waals surface area (Å²) in [5.41, 5.74) is 8.56. The third kappa shape index (κ3) is 2.17. The maximum atomic E-state index is 12.9. The molecule has 110 valence electrons. The number of hydrogen-bond acceptors (Lipinski definition) is 3. The van der Waals surface area contributed by atoms with Crippen molar-refractivity contribution in [2.75, 3.05) is 16.6 Å². The predicted octanol–water partition coefficient (Wildman–Crippen LogP) is 2.98. The van der Waals surface area contributed by atoms with Crippen LogP contribution < -0.4 is 10.0 Å². The first-order valence-electron chi connectivity index (χ1n) is 6.58. The van der Waals surface area contributed by atoms with Crippen molar-refractivity contribution in [3.8, 4) is 0 Å². The van der Waals surface area contributed by atoms with Gasteiger partial charge in [0.25, 0.3) is 10.0 Å². The van der Waals surface area contributed by atoms with Crippen molar-refractivity contribution >= 4 is 33.0 Å². The summed E-state index contributed by atoms with van der Waals surface area (Å²) in [4.78, 5) is 0.228. The van der Waals surface area contributed by atoms with Gasteiger partial charge in [-0.2, -0.15) is 0 Å². The van der Waals surface area contributed by atoms with Gasteiger partial charge in [0.2, 0.25) is 0 Å². The zero-order valence-electron chi connectivity index (χ0n) is 11.5. The van der Waals surface area contributed by atoms with Gasteiger partial charge in [0.05, 0.1) is 16.3 Å². The average Bonchev–Trinajstić information content (AvgIpc) is 2.88. The van der Waals surface area contributed by atoms with Crippen LogP contribution in [-0.4, -0.2) is 15.0 Å². The van der Waals surface area contributed by atoms with Crippen LogP contribution in [0.25, 0.3) is 0 Å². The van der Waals surface area contributed by atoms with E-state index in [0.29, 0.717) is 34.9 Å². The smallest absolute Gasteiger partial charge is 0.264 e. The molecule has 0 aromatic heterocycles. The van der Waals surface area contributed by atoms with Gasteiger partial charge in [-0.25, -0.2) is 8.42 Å². The minimum atomic E-state index is -3.66. The molecular weight excluding hydrogens is 308 g/mol. The fourth-order valence-corrected chi connectivity index (χ4v) is 4.69. The van der Waals surface area contributed by atoms with Crippen molar-refractivity contribution in [2.45, 2.75) is 18.2 Å². The average molecular weight is 323 g/mol. The van der Waals surface area contributed by atoms with Crippen LogP contribution in [0.2, 0.25) is 5.02 Å². The zero-order valence-corrected chi connectivity index (χ0v) is 13.1. The first-order valence-corrected chi connectivity index (χ1v) is 8.40. The number of hydrogen-bond donors (Lipinski definition) is 1. The summed E-state index contributed by atoms with van der Waals surface area (Å²) in [6.45, 7) is 2.11. The molecule has 21 heavy (non-hydrogen) atoms. The Morgan fingerprint density at radius 3 is 2.67 bits per heavy atom. The number of sulfonamides is 1. The van der Waals surface area contributed by atoms with Gasteiger partial charge in [-0.3, -0.25) is 4.31 Å². The summed E-state index contributed by atoms with van der Waals surface area (Å²) in [5.74, 6) is 0. The summed E-state index contributed by atoms with van der Waals surface area (Å²) in [6, 6.07) is 10.4. The van der Waals surface area contributed by atoms with Crippen LogP contribution in [0.5, 0.6) is 0 Å². The van der Waals surface area contributed by atoms with Crippen molar-refractivity contribution in [2.24, 2.45) is 0 Å². The van der Waals surface area contributed by atoms with E-state index in [1.807, 2.05) is 12.1 Å². The van der Waals surface area contributed by atoms with E-state index >= 15 is 0 Å². The molecule has 0 bridgehead atoms. The Morgan fingerprint density at radius 2 is 1.90 bits per heavy atom. The molecule has 1 heterocycles. The van der Waals surface area contributed by atoms with E-state index < -0.39 is 10.0 Å². The standard InChI is InChI=1S/C15H15ClN2O2S/c1-10-12(16)5-3-7-14(10)21(19,20)18-9-8-11-4-2-6-13(17)15(11)18/h2-7H,8-9,17H2,1H3. The quantitative estimate of drug-likeness (QED) is 0.864. The van der Waals surface area contributed by atoms with Crippen LogP contribution in [0.1, 0.15) is 11.1 Å². The van der Waals surface area contributed by atoms with E-state index in [4.69, 9.17) is 17.3 Å². The SMILES string of the molecule is Cc1c(Cl)cccc1S(=O)(=O)N1CCc2cccc(N)c21. The van der Waals surface area contributed by atoms with E-state index in [2.05, 4.69) is 0 Å². The van der Waals surface area contributed by atoms with Crippen molar-refractivity contribution in [3.05, 3.63) is 52.5 Å². The van der Waals surface area contributed by atoms with Crippen LogP contribution in [0, 0.1) is 6.92 Å². The van der Waals surface area contributed by atoms with Crippen molar-refractivity contribution in [1.29, 1.82) is 0 Å². The minimum absolute atomic E-state index is 0.228. The Balaban J connectivity index is 2.16. The number of nitrogens with zero attached hydrogens (tertiary/aromatic N) is 1. The molecule has 0 fully saturated rings. The molecule has 4 nitrogen and oxygen atoms in total. The summed E-state index contributed by atoms with van der Waals surface area (Å²) < 4.78 is 27.3. The Bertz CT molecular complexity index is 818. The van der Waals surface area contributed by atoms with Crippen LogP contribution in [0.15, 0.2) is 41.3 Å². The summed E-state index contributed by atoms with van der Waals surface area (Å²) >= 11 is 6.05. The summed E-state index contributed by atoms with van der Waals surface area (Å²) in [5, 5.41) is 0.441. The van der Waals surface area contributed by atoms with Crippen molar-refractivity contribution < 1.29 is 8.42 Å². The van der Waals surface area contributed by atoms with E-state index in [1.165, 1.54) is 4.31 Å². The monoisotopic (exact) mass is 322 g/mol. The Labute approximate surface area is 129 Å². The Hall–Kier alpha value is -1.72. The van der Waals surface area contributed by atoms with E-state index in [-0.39, 0.29) is 4.90 Å². The van der Waals surface area contributed by atoms with Crippen LogP contribution in [-0.2, 0) is 16.4 Å². The molecule has 0 amide bonds. The van der Waals surface area contributed by atoms with Gasteiger partial charge in [0.15, 0.2) is 0 Å². The molecule has 0 atom stereocenters. The molecule has 2 aromatic rings. The van der Waals surface area contributed by atoms with Gasteiger partial charge in [0, 0.05) is 11.6 Å². The zero-order chi connectivity index (χ0) is 15.2. The second-order valence-electron chi connectivity index (χ2n) is 5.05. The van der Waals surface area contributed by atoms with Gasteiger partial charge < -0.3 is 5.73 Å².